The van der Waals surface area contributed by atoms with Crippen LogP contribution in [0.5, 0.6) is 0 Å². The van der Waals surface area contributed by atoms with Crippen molar-refractivity contribution >= 4 is 5.96 Å². The van der Waals surface area contributed by atoms with Gasteiger partial charge in [0.1, 0.15) is 0 Å². The van der Waals surface area contributed by atoms with Gasteiger partial charge in [0, 0.05) is 27.2 Å². The van der Waals surface area contributed by atoms with E-state index in [4.69, 9.17) is 4.74 Å². The molecule has 0 saturated carbocycles. The van der Waals surface area contributed by atoms with Crippen LogP contribution >= 0.6 is 0 Å². The average Bonchev–Trinajstić information content (AvgIpc) is 2.43. The molecule has 0 radical (unpaired) electrons. The number of aliphatic imine (C=N–C) groups is 1. The lowest BCUT2D eigenvalue weighted by Gasteiger charge is -2.12. The molecule has 0 amide bonds. The first-order chi connectivity index (χ1) is 9.30. The minimum absolute atomic E-state index is 0.650. The Hall–Kier alpha value is -1.55. The summed E-state index contributed by atoms with van der Waals surface area (Å²) >= 11 is 0. The molecule has 1 aromatic rings. The van der Waals surface area contributed by atoms with Crippen molar-refractivity contribution in [2.45, 2.75) is 32.9 Å². The molecule has 1 aromatic carbocycles. The first kappa shape index (κ1) is 15.5. The number of benzene rings is 1. The molecular formula is C15H25N3O. The van der Waals surface area contributed by atoms with E-state index in [1.54, 1.807) is 14.2 Å². The number of ether oxygens (including phenoxy) is 1. The first-order valence-electron chi connectivity index (χ1n) is 6.81. The quantitative estimate of drug-likeness (QED) is 0.451. The zero-order valence-corrected chi connectivity index (χ0v) is 12.2. The molecule has 1 rings (SSSR count). The molecule has 0 saturated heterocycles. The van der Waals surface area contributed by atoms with Crippen LogP contribution in [0.4, 0.5) is 0 Å². The average molecular weight is 263 g/mol. The Labute approximate surface area is 116 Å². The van der Waals surface area contributed by atoms with E-state index >= 15 is 0 Å². The first-order valence-corrected chi connectivity index (χ1v) is 6.81. The monoisotopic (exact) mass is 263 g/mol. The number of methoxy groups -OCH3 is 1. The molecule has 4 heteroatoms. The van der Waals surface area contributed by atoms with Gasteiger partial charge in [0.15, 0.2) is 5.96 Å². The molecule has 106 valence electrons. The van der Waals surface area contributed by atoms with Gasteiger partial charge < -0.3 is 15.4 Å². The Balaban J connectivity index is 2.43. The van der Waals surface area contributed by atoms with Gasteiger partial charge in [0.05, 0.1) is 6.61 Å². The Bertz CT molecular complexity index is 391. The lowest BCUT2D eigenvalue weighted by molar-refractivity contribution is 0.185. The van der Waals surface area contributed by atoms with Gasteiger partial charge in [0.25, 0.3) is 0 Å². The fourth-order valence-corrected chi connectivity index (χ4v) is 1.79. The number of unbranched alkanes of at least 4 members (excludes halogenated alkanes) is 1. The third kappa shape index (κ3) is 6.25. The van der Waals surface area contributed by atoms with Crippen LogP contribution in [0.25, 0.3) is 0 Å². The maximum atomic E-state index is 5.14. The fraction of sp³-hybridized carbons (Fsp3) is 0.533. The summed E-state index contributed by atoms with van der Waals surface area (Å²) < 4.78 is 5.14. The molecule has 0 atom stereocenters. The molecule has 0 fully saturated rings. The number of guanidine groups is 1. The van der Waals surface area contributed by atoms with Crippen molar-refractivity contribution in [1.82, 2.24) is 10.6 Å². The number of nitrogens with zero attached hydrogens (tertiary/aromatic N) is 1. The zero-order valence-electron chi connectivity index (χ0n) is 12.2. The molecule has 0 aliphatic carbocycles. The third-order valence-electron chi connectivity index (χ3n) is 2.81. The molecule has 0 aliphatic heterocycles. The minimum atomic E-state index is 0.650. The van der Waals surface area contributed by atoms with Crippen molar-refractivity contribution in [3.63, 3.8) is 0 Å². The zero-order chi connectivity index (χ0) is 13.9. The minimum Gasteiger partial charge on any atom is -0.380 e. The van der Waals surface area contributed by atoms with Gasteiger partial charge in [-0.3, -0.25) is 4.99 Å². The van der Waals surface area contributed by atoms with E-state index in [0.29, 0.717) is 6.61 Å². The molecule has 19 heavy (non-hydrogen) atoms. The standard InChI is InChI=1S/C15H25N3O/c1-4-5-9-17-15(16-2)18-11-13-7-6-8-14(10-13)12-19-3/h6-8,10H,4-5,9,11-12H2,1-3H3,(H2,16,17,18). The van der Waals surface area contributed by atoms with E-state index < -0.39 is 0 Å². The summed E-state index contributed by atoms with van der Waals surface area (Å²) in [6, 6.07) is 8.38. The van der Waals surface area contributed by atoms with Gasteiger partial charge in [-0.05, 0) is 17.5 Å². The van der Waals surface area contributed by atoms with E-state index in [9.17, 15) is 0 Å². The Morgan fingerprint density at radius 1 is 1.26 bits per heavy atom. The second-order valence-corrected chi connectivity index (χ2v) is 4.46. The van der Waals surface area contributed by atoms with Gasteiger partial charge >= 0.3 is 0 Å². The molecule has 0 unspecified atom stereocenters. The van der Waals surface area contributed by atoms with Crippen LogP contribution in [0.3, 0.4) is 0 Å². The lowest BCUT2D eigenvalue weighted by atomic mass is 10.1. The summed E-state index contributed by atoms with van der Waals surface area (Å²) in [6.07, 6.45) is 2.34. The topological polar surface area (TPSA) is 45.7 Å². The third-order valence-corrected chi connectivity index (χ3v) is 2.81. The number of hydrogen-bond donors (Lipinski definition) is 2. The van der Waals surface area contributed by atoms with E-state index in [0.717, 1.165) is 25.5 Å². The molecule has 0 bridgehead atoms. The Kier molecular flexibility index (Phi) is 7.66. The predicted molar refractivity (Wildman–Crippen MR) is 80.3 cm³/mol. The lowest BCUT2D eigenvalue weighted by Crippen LogP contribution is -2.37. The summed E-state index contributed by atoms with van der Waals surface area (Å²) in [5.41, 5.74) is 2.42. The van der Waals surface area contributed by atoms with Gasteiger partial charge in [-0.1, -0.05) is 37.6 Å². The molecular weight excluding hydrogens is 238 g/mol. The van der Waals surface area contributed by atoms with Gasteiger partial charge in [-0.2, -0.15) is 0 Å². The van der Waals surface area contributed by atoms with Crippen LogP contribution in [0.2, 0.25) is 0 Å². The van der Waals surface area contributed by atoms with Crippen molar-refractivity contribution in [1.29, 1.82) is 0 Å². The summed E-state index contributed by atoms with van der Waals surface area (Å²) in [5, 5.41) is 6.61. The maximum absolute atomic E-state index is 5.14. The second-order valence-electron chi connectivity index (χ2n) is 4.46. The Morgan fingerprint density at radius 3 is 2.74 bits per heavy atom. The van der Waals surface area contributed by atoms with Crippen molar-refractivity contribution in [2.24, 2.45) is 4.99 Å². The molecule has 2 N–H and O–H groups in total. The van der Waals surface area contributed by atoms with Crippen LogP contribution in [-0.4, -0.2) is 26.7 Å². The highest BCUT2D eigenvalue weighted by atomic mass is 16.5. The summed E-state index contributed by atoms with van der Waals surface area (Å²) in [4.78, 5) is 4.20. The van der Waals surface area contributed by atoms with Crippen LogP contribution in [0.1, 0.15) is 30.9 Å². The van der Waals surface area contributed by atoms with Crippen molar-refractivity contribution in [3.05, 3.63) is 35.4 Å². The summed E-state index contributed by atoms with van der Waals surface area (Å²) in [5.74, 6) is 0.852. The smallest absolute Gasteiger partial charge is 0.191 e. The fourth-order valence-electron chi connectivity index (χ4n) is 1.79. The van der Waals surface area contributed by atoms with Crippen molar-refractivity contribution < 1.29 is 4.74 Å². The highest BCUT2D eigenvalue weighted by Crippen LogP contribution is 2.06. The van der Waals surface area contributed by atoms with Crippen molar-refractivity contribution in [2.75, 3.05) is 20.7 Å². The van der Waals surface area contributed by atoms with Gasteiger partial charge in [-0.25, -0.2) is 0 Å². The van der Waals surface area contributed by atoms with Gasteiger partial charge in [0.2, 0.25) is 0 Å². The largest absolute Gasteiger partial charge is 0.380 e. The summed E-state index contributed by atoms with van der Waals surface area (Å²) in [6.45, 7) is 4.56. The van der Waals surface area contributed by atoms with Crippen LogP contribution in [-0.2, 0) is 17.9 Å². The Morgan fingerprint density at radius 2 is 2.05 bits per heavy atom. The number of hydrogen-bond acceptors (Lipinski definition) is 2. The molecule has 0 heterocycles. The van der Waals surface area contributed by atoms with E-state index in [2.05, 4.69) is 46.8 Å². The maximum Gasteiger partial charge on any atom is 0.191 e. The molecule has 4 nitrogen and oxygen atoms in total. The van der Waals surface area contributed by atoms with Crippen LogP contribution in [0.15, 0.2) is 29.3 Å². The normalized spacial score (nSPS) is 11.4. The summed E-state index contributed by atoms with van der Waals surface area (Å²) in [7, 11) is 3.51. The molecule has 0 aliphatic rings. The van der Waals surface area contributed by atoms with E-state index in [1.807, 2.05) is 0 Å². The van der Waals surface area contributed by atoms with Crippen molar-refractivity contribution in [3.8, 4) is 0 Å². The number of nitrogens with one attached hydrogen (secondary N) is 2. The van der Waals surface area contributed by atoms with Gasteiger partial charge in [-0.15, -0.1) is 0 Å². The highest BCUT2D eigenvalue weighted by Gasteiger charge is 1.99. The number of rotatable bonds is 7. The molecule has 0 spiro atoms. The van der Waals surface area contributed by atoms with E-state index in [1.165, 1.54) is 17.5 Å². The second kappa shape index (κ2) is 9.39. The van der Waals surface area contributed by atoms with Crippen LogP contribution < -0.4 is 10.6 Å². The highest BCUT2D eigenvalue weighted by molar-refractivity contribution is 5.79. The predicted octanol–water partition coefficient (Wildman–Crippen LogP) is 2.30. The van der Waals surface area contributed by atoms with Crippen LogP contribution in [0, 0.1) is 0 Å². The van der Waals surface area contributed by atoms with E-state index in [-0.39, 0.29) is 0 Å². The molecule has 0 aromatic heterocycles. The SMILES string of the molecule is CCCCNC(=NC)NCc1cccc(COC)c1.